The molecule has 92 valence electrons. The smallest absolute Gasteiger partial charge is 0.115 e. The van der Waals surface area contributed by atoms with Crippen molar-refractivity contribution in [2.45, 2.75) is 31.2 Å². The zero-order valence-corrected chi connectivity index (χ0v) is 10.2. The average Bonchev–Trinajstić information content (AvgIpc) is 2.47. The second-order valence-electron chi connectivity index (χ2n) is 4.71. The van der Waals surface area contributed by atoms with Crippen molar-refractivity contribution < 1.29 is 0 Å². The Balaban J connectivity index is 1.94. The van der Waals surface area contributed by atoms with Gasteiger partial charge in [0.05, 0.1) is 11.7 Å². The second kappa shape index (κ2) is 4.82. The fourth-order valence-electron chi connectivity index (χ4n) is 2.70. The van der Waals surface area contributed by atoms with E-state index in [0.29, 0.717) is 0 Å². The molecule has 2 aromatic heterocycles. The van der Waals surface area contributed by atoms with Crippen molar-refractivity contribution in [1.82, 2.24) is 15.0 Å². The number of aromatic nitrogens is 3. The van der Waals surface area contributed by atoms with Crippen LogP contribution in [0.25, 0.3) is 0 Å². The first-order valence-electron chi connectivity index (χ1n) is 6.31. The normalized spacial score (nSPS) is 20.2. The maximum atomic E-state index is 6.35. The summed E-state index contributed by atoms with van der Waals surface area (Å²) in [6.07, 6.45) is 8.50. The Bertz CT molecular complexity index is 526. The highest BCUT2D eigenvalue weighted by Crippen LogP contribution is 2.36. The molecule has 1 aliphatic rings. The first-order valence-corrected chi connectivity index (χ1v) is 6.31. The van der Waals surface area contributed by atoms with Gasteiger partial charge in [0.1, 0.15) is 6.33 Å². The number of nitrogens with two attached hydrogens (primary N) is 1. The molecule has 0 saturated carbocycles. The molecule has 18 heavy (non-hydrogen) atoms. The van der Waals surface area contributed by atoms with Gasteiger partial charge < -0.3 is 5.73 Å². The highest BCUT2D eigenvalue weighted by Gasteiger charge is 2.28. The van der Waals surface area contributed by atoms with Crippen LogP contribution in [0.5, 0.6) is 0 Å². The monoisotopic (exact) mass is 240 g/mol. The maximum Gasteiger partial charge on any atom is 0.115 e. The Morgan fingerprint density at radius 3 is 3.00 bits per heavy atom. The SMILES string of the molecule is NC(c1ccncn1)C1CCCc2cccnc21. The summed E-state index contributed by atoms with van der Waals surface area (Å²) in [7, 11) is 0. The minimum atomic E-state index is -0.0954. The van der Waals surface area contributed by atoms with Crippen molar-refractivity contribution >= 4 is 0 Å². The fraction of sp³-hybridized carbons (Fsp3) is 0.357. The Morgan fingerprint density at radius 2 is 2.17 bits per heavy atom. The average molecular weight is 240 g/mol. The van der Waals surface area contributed by atoms with Crippen molar-refractivity contribution in [3.05, 3.63) is 53.9 Å². The van der Waals surface area contributed by atoms with Gasteiger partial charge in [0.25, 0.3) is 0 Å². The molecule has 2 atom stereocenters. The van der Waals surface area contributed by atoms with Gasteiger partial charge in [-0.25, -0.2) is 9.97 Å². The van der Waals surface area contributed by atoms with Crippen LogP contribution in [-0.2, 0) is 6.42 Å². The maximum absolute atomic E-state index is 6.35. The van der Waals surface area contributed by atoms with Crippen LogP contribution < -0.4 is 5.73 Å². The van der Waals surface area contributed by atoms with Gasteiger partial charge >= 0.3 is 0 Å². The van der Waals surface area contributed by atoms with Crippen molar-refractivity contribution in [2.24, 2.45) is 5.73 Å². The van der Waals surface area contributed by atoms with Gasteiger partial charge in [0.2, 0.25) is 0 Å². The third kappa shape index (κ3) is 1.99. The Hall–Kier alpha value is -1.81. The largest absolute Gasteiger partial charge is 0.322 e. The van der Waals surface area contributed by atoms with Crippen LogP contribution in [0.15, 0.2) is 36.9 Å². The summed E-state index contributed by atoms with van der Waals surface area (Å²) in [5, 5.41) is 0. The van der Waals surface area contributed by atoms with Gasteiger partial charge in [-0.2, -0.15) is 0 Å². The quantitative estimate of drug-likeness (QED) is 0.871. The fourth-order valence-corrected chi connectivity index (χ4v) is 2.70. The molecule has 1 aliphatic carbocycles. The Kier molecular flexibility index (Phi) is 3.02. The van der Waals surface area contributed by atoms with E-state index in [2.05, 4.69) is 21.0 Å². The lowest BCUT2D eigenvalue weighted by Crippen LogP contribution is -2.25. The van der Waals surface area contributed by atoms with E-state index < -0.39 is 0 Å². The molecule has 2 heterocycles. The molecule has 0 saturated heterocycles. The van der Waals surface area contributed by atoms with Gasteiger partial charge in [0, 0.05) is 24.0 Å². The lowest BCUT2D eigenvalue weighted by atomic mass is 9.81. The van der Waals surface area contributed by atoms with E-state index in [1.165, 1.54) is 12.0 Å². The van der Waals surface area contributed by atoms with E-state index in [-0.39, 0.29) is 12.0 Å². The minimum Gasteiger partial charge on any atom is -0.322 e. The highest BCUT2D eigenvalue weighted by molar-refractivity contribution is 5.29. The number of fused-ring (bicyclic) bond motifs is 1. The van der Waals surface area contributed by atoms with Crippen LogP contribution in [0.4, 0.5) is 0 Å². The zero-order valence-electron chi connectivity index (χ0n) is 10.2. The summed E-state index contributed by atoms with van der Waals surface area (Å²) in [5.74, 6) is 0.268. The van der Waals surface area contributed by atoms with Gasteiger partial charge in [-0.05, 0) is 37.0 Å². The molecule has 2 unspecified atom stereocenters. The topological polar surface area (TPSA) is 64.7 Å². The molecule has 2 aromatic rings. The molecule has 2 N–H and O–H groups in total. The summed E-state index contributed by atoms with van der Waals surface area (Å²) in [6.45, 7) is 0. The molecular weight excluding hydrogens is 224 g/mol. The standard InChI is InChI=1S/C14H16N4/c15-13(12-6-8-16-9-18-12)11-5-1-3-10-4-2-7-17-14(10)11/h2,4,6-9,11,13H,1,3,5,15H2. The predicted molar refractivity (Wildman–Crippen MR) is 68.9 cm³/mol. The van der Waals surface area contributed by atoms with Crippen molar-refractivity contribution in [1.29, 1.82) is 0 Å². The molecule has 0 aromatic carbocycles. The van der Waals surface area contributed by atoms with Gasteiger partial charge in [-0.3, -0.25) is 4.98 Å². The van der Waals surface area contributed by atoms with Crippen LogP contribution in [0, 0.1) is 0 Å². The number of hydrogen-bond acceptors (Lipinski definition) is 4. The van der Waals surface area contributed by atoms with E-state index in [4.69, 9.17) is 5.73 Å². The van der Waals surface area contributed by atoms with Crippen LogP contribution in [0.3, 0.4) is 0 Å². The third-order valence-electron chi connectivity index (χ3n) is 3.62. The molecule has 0 bridgehead atoms. The van der Waals surface area contributed by atoms with Crippen molar-refractivity contribution in [3.8, 4) is 0 Å². The van der Waals surface area contributed by atoms with Crippen LogP contribution in [0.2, 0.25) is 0 Å². The number of nitrogens with zero attached hydrogens (tertiary/aromatic N) is 3. The second-order valence-corrected chi connectivity index (χ2v) is 4.71. The lowest BCUT2D eigenvalue weighted by Gasteiger charge is -2.28. The molecule has 4 nitrogen and oxygen atoms in total. The first kappa shape index (κ1) is 11.3. The molecule has 4 heteroatoms. The molecule has 0 spiro atoms. The van der Waals surface area contributed by atoms with E-state index in [1.807, 2.05) is 18.3 Å². The number of rotatable bonds is 2. The van der Waals surface area contributed by atoms with E-state index >= 15 is 0 Å². The van der Waals surface area contributed by atoms with Crippen LogP contribution >= 0.6 is 0 Å². The van der Waals surface area contributed by atoms with Gasteiger partial charge in [0.15, 0.2) is 0 Å². The number of hydrogen-bond donors (Lipinski definition) is 1. The minimum absolute atomic E-state index is 0.0954. The Morgan fingerprint density at radius 1 is 1.22 bits per heavy atom. The van der Waals surface area contributed by atoms with Gasteiger partial charge in [-0.1, -0.05) is 6.07 Å². The van der Waals surface area contributed by atoms with Crippen molar-refractivity contribution in [2.75, 3.05) is 0 Å². The lowest BCUT2D eigenvalue weighted by molar-refractivity contribution is 0.455. The van der Waals surface area contributed by atoms with Crippen molar-refractivity contribution in [3.63, 3.8) is 0 Å². The molecular formula is C14H16N4. The highest BCUT2D eigenvalue weighted by atomic mass is 14.9. The molecule has 3 rings (SSSR count). The number of pyridine rings is 1. The van der Waals surface area contributed by atoms with Crippen LogP contribution in [-0.4, -0.2) is 15.0 Å². The zero-order chi connectivity index (χ0) is 12.4. The van der Waals surface area contributed by atoms with Gasteiger partial charge in [-0.15, -0.1) is 0 Å². The van der Waals surface area contributed by atoms with E-state index in [0.717, 1.165) is 24.2 Å². The summed E-state index contributed by atoms with van der Waals surface area (Å²) in [5.41, 5.74) is 9.73. The summed E-state index contributed by atoms with van der Waals surface area (Å²) in [4.78, 5) is 12.7. The summed E-state index contributed by atoms with van der Waals surface area (Å²) in [6, 6.07) is 5.95. The molecule has 0 aliphatic heterocycles. The summed E-state index contributed by atoms with van der Waals surface area (Å²) < 4.78 is 0. The Labute approximate surface area is 106 Å². The van der Waals surface area contributed by atoms with E-state index in [1.54, 1.807) is 12.5 Å². The van der Waals surface area contributed by atoms with E-state index in [9.17, 15) is 0 Å². The third-order valence-corrected chi connectivity index (χ3v) is 3.62. The number of aryl methyl sites for hydroxylation is 1. The molecule has 0 fully saturated rings. The molecule has 0 radical (unpaired) electrons. The molecule has 0 amide bonds. The predicted octanol–water partition coefficient (Wildman–Crippen LogP) is 1.99. The van der Waals surface area contributed by atoms with Crippen LogP contribution in [0.1, 0.15) is 41.8 Å². The summed E-state index contributed by atoms with van der Waals surface area (Å²) >= 11 is 0. The first-order chi connectivity index (χ1) is 8.86.